The van der Waals surface area contributed by atoms with E-state index in [4.69, 9.17) is 23.8 Å². The van der Waals surface area contributed by atoms with Crippen molar-refractivity contribution in [2.45, 2.75) is 6.92 Å². The number of hydrogen-bond acceptors (Lipinski definition) is 3. The van der Waals surface area contributed by atoms with E-state index in [1.54, 1.807) is 6.08 Å². The Hall–Kier alpha value is -0.910. The number of rotatable bonds is 4. The van der Waals surface area contributed by atoms with Gasteiger partial charge in [0.15, 0.2) is 5.11 Å². The van der Waals surface area contributed by atoms with Crippen molar-refractivity contribution >= 4 is 46.0 Å². The molecule has 0 spiro atoms. The van der Waals surface area contributed by atoms with Crippen LogP contribution in [0.4, 0.5) is 0 Å². The molecule has 6 heteroatoms. The Labute approximate surface area is 109 Å². The van der Waals surface area contributed by atoms with Crippen LogP contribution in [-0.2, 0) is 0 Å². The Balaban J connectivity index is 2.51. The lowest BCUT2D eigenvalue weighted by atomic mass is 10.3. The van der Waals surface area contributed by atoms with Gasteiger partial charge in [0.2, 0.25) is 0 Å². The second-order valence-electron chi connectivity index (χ2n) is 2.91. The summed E-state index contributed by atoms with van der Waals surface area (Å²) < 4.78 is 0.747. The summed E-state index contributed by atoms with van der Waals surface area (Å²) in [4.78, 5) is 1.02. The summed E-state index contributed by atoms with van der Waals surface area (Å²) in [7, 11) is 0. The van der Waals surface area contributed by atoms with Crippen LogP contribution in [-0.4, -0.2) is 17.4 Å². The molecule has 0 aliphatic carbocycles. The van der Waals surface area contributed by atoms with Crippen molar-refractivity contribution in [1.29, 1.82) is 0 Å². The predicted molar refractivity (Wildman–Crippen MR) is 75.5 cm³/mol. The minimum atomic E-state index is 0.474. The maximum Gasteiger partial charge on any atom is 0.187 e. The van der Waals surface area contributed by atoms with E-state index in [1.165, 1.54) is 11.3 Å². The number of nitrogens with one attached hydrogen (secondary N) is 2. The molecule has 1 heterocycles. The van der Waals surface area contributed by atoms with Crippen LogP contribution in [0.5, 0.6) is 0 Å². The number of thiophene rings is 1. The monoisotopic (exact) mass is 273 g/mol. The van der Waals surface area contributed by atoms with Gasteiger partial charge in [0, 0.05) is 6.54 Å². The van der Waals surface area contributed by atoms with Gasteiger partial charge in [-0.05, 0) is 31.3 Å². The first-order chi connectivity index (χ1) is 7.63. The quantitative estimate of drug-likeness (QED) is 0.383. The lowest BCUT2D eigenvalue weighted by Crippen LogP contribution is -2.32. The fraction of sp³-hybridized carbons (Fsp3) is 0.200. The Morgan fingerprint density at radius 2 is 2.44 bits per heavy atom. The number of hydrogen-bond donors (Lipinski definition) is 2. The van der Waals surface area contributed by atoms with Crippen molar-refractivity contribution in [1.82, 2.24) is 10.7 Å². The molecule has 0 amide bonds. The minimum absolute atomic E-state index is 0.474. The molecule has 0 saturated carbocycles. The first-order valence-electron chi connectivity index (χ1n) is 4.58. The lowest BCUT2D eigenvalue weighted by molar-refractivity contribution is 0.937. The van der Waals surface area contributed by atoms with E-state index in [2.05, 4.69) is 22.4 Å². The summed E-state index contributed by atoms with van der Waals surface area (Å²) in [6.45, 7) is 6.09. The molecule has 1 aromatic rings. The topological polar surface area (TPSA) is 36.4 Å². The van der Waals surface area contributed by atoms with E-state index < -0.39 is 0 Å². The largest absolute Gasteiger partial charge is 0.358 e. The van der Waals surface area contributed by atoms with E-state index in [0.29, 0.717) is 11.7 Å². The zero-order valence-corrected chi connectivity index (χ0v) is 11.2. The summed E-state index contributed by atoms with van der Waals surface area (Å²) in [5.41, 5.74) is 3.60. The smallest absolute Gasteiger partial charge is 0.187 e. The third-order valence-electron chi connectivity index (χ3n) is 1.66. The molecule has 3 nitrogen and oxygen atoms in total. The van der Waals surface area contributed by atoms with Crippen molar-refractivity contribution in [3.05, 3.63) is 34.0 Å². The Morgan fingerprint density at radius 3 is 3.00 bits per heavy atom. The van der Waals surface area contributed by atoms with Gasteiger partial charge in [-0.25, -0.2) is 0 Å². The molecule has 0 aliphatic rings. The number of hydrazone groups is 1. The summed E-state index contributed by atoms with van der Waals surface area (Å²) in [6.07, 6.45) is 1.73. The number of halogens is 1. The standard InChI is InChI=1S/C10H12ClN3S2/c1-3-6-12-10(15)14-13-7(2)8-4-5-9(11)16-8/h3-5H,1,6H2,2H3,(H2,12,14,15)/b13-7-. The molecule has 1 aromatic heterocycles. The van der Waals surface area contributed by atoms with Crippen molar-refractivity contribution in [2.75, 3.05) is 6.54 Å². The highest BCUT2D eigenvalue weighted by atomic mass is 35.5. The highest BCUT2D eigenvalue weighted by Gasteiger charge is 2.01. The molecule has 0 bridgehead atoms. The van der Waals surface area contributed by atoms with E-state index in [9.17, 15) is 0 Å². The van der Waals surface area contributed by atoms with Crippen molar-refractivity contribution in [3.63, 3.8) is 0 Å². The van der Waals surface area contributed by atoms with Crippen LogP contribution in [0.1, 0.15) is 11.8 Å². The highest BCUT2D eigenvalue weighted by molar-refractivity contribution is 7.80. The van der Waals surface area contributed by atoms with Crippen LogP contribution in [0, 0.1) is 0 Å². The van der Waals surface area contributed by atoms with Gasteiger partial charge in [-0.2, -0.15) is 5.10 Å². The van der Waals surface area contributed by atoms with Crippen LogP contribution in [0.25, 0.3) is 0 Å². The van der Waals surface area contributed by atoms with E-state index in [0.717, 1.165) is 14.9 Å². The average Bonchev–Trinajstić information content (AvgIpc) is 2.69. The normalized spacial score (nSPS) is 11.0. The second-order valence-corrected chi connectivity index (χ2v) is 5.03. The first kappa shape index (κ1) is 13.2. The van der Waals surface area contributed by atoms with Gasteiger partial charge in [-0.1, -0.05) is 17.7 Å². The van der Waals surface area contributed by atoms with Crippen LogP contribution >= 0.6 is 35.2 Å². The molecule has 2 N–H and O–H groups in total. The molecule has 1 rings (SSSR count). The maximum atomic E-state index is 5.83. The van der Waals surface area contributed by atoms with E-state index in [1.807, 2.05) is 19.1 Å². The molecule has 0 atom stereocenters. The van der Waals surface area contributed by atoms with Crippen LogP contribution in [0.2, 0.25) is 4.34 Å². The van der Waals surface area contributed by atoms with Gasteiger partial charge in [0.25, 0.3) is 0 Å². The Kier molecular flexibility index (Phi) is 5.45. The molecular formula is C10H12ClN3S2. The van der Waals surface area contributed by atoms with Gasteiger partial charge < -0.3 is 5.32 Å². The van der Waals surface area contributed by atoms with Gasteiger partial charge in [0.1, 0.15) is 0 Å². The molecule has 0 unspecified atom stereocenters. The van der Waals surface area contributed by atoms with Gasteiger partial charge >= 0.3 is 0 Å². The van der Waals surface area contributed by atoms with Crippen molar-refractivity contribution < 1.29 is 0 Å². The van der Waals surface area contributed by atoms with Crippen LogP contribution in [0.3, 0.4) is 0 Å². The zero-order chi connectivity index (χ0) is 12.0. The Bertz CT molecular complexity index is 412. The van der Waals surface area contributed by atoms with Crippen LogP contribution in [0.15, 0.2) is 29.9 Å². The predicted octanol–water partition coefficient (Wildman–Crippen LogP) is 2.78. The van der Waals surface area contributed by atoms with Gasteiger partial charge in [-0.3, -0.25) is 5.43 Å². The molecule has 0 fully saturated rings. The Morgan fingerprint density at radius 1 is 1.69 bits per heavy atom. The zero-order valence-electron chi connectivity index (χ0n) is 8.79. The van der Waals surface area contributed by atoms with E-state index >= 15 is 0 Å². The third-order valence-corrected chi connectivity index (χ3v) is 3.24. The SMILES string of the molecule is C=CCNC(=S)N/N=C(/C)c1ccc(Cl)s1. The minimum Gasteiger partial charge on any atom is -0.358 e. The fourth-order valence-electron chi connectivity index (χ4n) is 0.903. The maximum absolute atomic E-state index is 5.83. The molecule has 0 radical (unpaired) electrons. The molecule has 0 aromatic carbocycles. The molecule has 0 saturated heterocycles. The van der Waals surface area contributed by atoms with Crippen LogP contribution < -0.4 is 10.7 Å². The summed E-state index contributed by atoms with van der Waals surface area (Å²) in [6, 6.07) is 3.77. The number of nitrogens with zero attached hydrogens (tertiary/aromatic N) is 1. The summed E-state index contributed by atoms with van der Waals surface area (Å²) >= 11 is 12.3. The fourth-order valence-corrected chi connectivity index (χ4v) is 2.02. The summed E-state index contributed by atoms with van der Waals surface area (Å²) in [5, 5.41) is 7.53. The second kappa shape index (κ2) is 6.62. The lowest BCUT2D eigenvalue weighted by Gasteiger charge is -2.04. The van der Waals surface area contributed by atoms with Gasteiger partial charge in [0.05, 0.1) is 14.9 Å². The highest BCUT2D eigenvalue weighted by Crippen LogP contribution is 2.21. The average molecular weight is 274 g/mol. The van der Waals surface area contributed by atoms with E-state index in [-0.39, 0.29) is 0 Å². The number of thiocarbonyl (C=S) groups is 1. The molecule has 86 valence electrons. The van der Waals surface area contributed by atoms with Crippen molar-refractivity contribution in [2.24, 2.45) is 5.10 Å². The first-order valence-corrected chi connectivity index (χ1v) is 6.18. The van der Waals surface area contributed by atoms with Crippen molar-refractivity contribution in [3.8, 4) is 0 Å². The molecular weight excluding hydrogens is 262 g/mol. The summed E-state index contributed by atoms with van der Waals surface area (Å²) in [5.74, 6) is 0. The molecule has 16 heavy (non-hydrogen) atoms. The molecule has 0 aliphatic heterocycles. The third kappa shape index (κ3) is 4.30. The van der Waals surface area contributed by atoms with Gasteiger partial charge in [-0.15, -0.1) is 17.9 Å².